The number of rotatable bonds is 7. The molecule has 28 heavy (non-hydrogen) atoms. The number of aryl methyl sites for hydroxylation is 1. The van der Waals surface area contributed by atoms with E-state index in [1.807, 2.05) is 66.7 Å². The number of hydrazine groups is 1. The third-order valence-corrected chi connectivity index (χ3v) is 5.13. The van der Waals surface area contributed by atoms with Gasteiger partial charge in [-0.1, -0.05) is 42.5 Å². The molecule has 3 aromatic rings. The van der Waals surface area contributed by atoms with Crippen molar-refractivity contribution in [2.24, 2.45) is 0 Å². The molecule has 0 fully saturated rings. The van der Waals surface area contributed by atoms with E-state index in [0.717, 1.165) is 30.6 Å². The largest absolute Gasteiger partial charge is 0.345 e. The van der Waals surface area contributed by atoms with Gasteiger partial charge in [0.2, 0.25) is 5.91 Å². The van der Waals surface area contributed by atoms with Crippen LogP contribution in [0.2, 0.25) is 0 Å². The average Bonchev–Trinajstić information content (AvgIpc) is 3.25. The van der Waals surface area contributed by atoms with Crippen LogP contribution in [-0.2, 0) is 11.2 Å². The number of hydrogen-bond donors (Lipinski definition) is 2. The molecular weight excluding hydrogens is 370 g/mol. The van der Waals surface area contributed by atoms with E-state index in [2.05, 4.69) is 22.3 Å². The lowest BCUT2D eigenvalue weighted by molar-refractivity contribution is -0.121. The van der Waals surface area contributed by atoms with Gasteiger partial charge in [0.05, 0.1) is 11.4 Å². The molecule has 1 heterocycles. The van der Waals surface area contributed by atoms with Crippen LogP contribution in [0.1, 0.15) is 24.1 Å². The predicted octanol–water partition coefficient (Wildman–Crippen LogP) is 5.04. The number of amides is 3. The standard InChI is InChI=1S/C22H23N3O2S/c26-21(16-8-7-14-20-15-9-17-28-20)23-24-22(27)25(18-10-3-1-4-11-18)19-12-5-2-6-13-19/h1-6,9-13,15,17H,7-8,14,16H2,(H,23,26)(H,24,27). The van der Waals surface area contributed by atoms with E-state index in [-0.39, 0.29) is 5.91 Å². The van der Waals surface area contributed by atoms with Crippen LogP contribution in [0.5, 0.6) is 0 Å². The Labute approximate surface area is 169 Å². The van der Waals surface area contributed by atoms with Gasteiger partial charge in [0, 0.05) is 11.3 Å². The Balaban J connectivity index is 1.51. The van der Waals surface area contributed by atoms with Crippen LogP contribution in [0.4, 0.5) is 16.2 Å². The quantitative estimate of drug-likeness (QED) is 0.436. The van der Waals surface area contributed by atoms with Gasteiger partial charge in [0.1, 0.15) is 0 Å². The number of carbonyl (C=O) groups is 2. The Morgan fingerprint density at radius 3 is 2.00 bits per heavy atom. The first kappa shape index (κ1) is 19.6. The molecule has 0 spiro atoms. The summed E-state index contributed by atoms with van der Waals surface area (Å²) < 4.78 is 0. The molecule has 0 aliphatic heterocycles. The summed E-state index contributed by atoms with van der Waals surface area (Å²) in [4.78, 5) is 27.7. The third-order valence-electron chi connectivity index (χ3n) is 4.20. The first-order valence-corrected chi connectivity index (χ1v) is 10.1. The zero-order chi connectivity index (χ0) is 19.6. The van der Waals surface area contributed by atoms with Crippen molar-refractivity contribution in [2.45, 2.75) is 25.7 Å². The van der Waals surface area contributed by atoms with E-state index >= 15 is 0 Å². The summed E-state index contributed by atoms with van der Waals surface area (Å²) >= 11 is 1.73. The molecule has 0 saturated carbocycles. The fraction of sp³-hybridized carbons (Fsp3) is 0.182. The number of urea groups is 1. The molecule has 1 aromatic heterocycles. The molecule has 0 aliphatic carbocycles. The van der Waals surface area contributed by atoms with Gasteiger partial charge >= 0.3 is 6.03 Å². The second-order valence-electron chi connectivity index (χ2n) is 6.27. The molecule has 0 atom stereocenters. The summed E-state index contributed by atoms with van der Waals surface area (Å²) in [6.45, 7) is 0. The molecule has 0 aliphatic rings. The van der Waals surface area contributed by atoms with E-state index in [0.29, 0.717) is 6.42 Å². The Hall–Kier alpha value is -3.12. The van der Waals surface area contributed by atoms with E-state index in [4.69, 9.17) is 0 Å². The van der Waals surface area contributed by atoms with Crippen LogP contribution in [0, 0.1) is 0 Å². The predicted molar refractivity (Wildman–Crippen MR) is 114 cm³/mol. The van der Waals surface area contributed by atoms with Crippen molar-refractivity contribution < 1.29 is 9.59 Å². The second kappa shape index (κ2) is 10.3. The van der Waals surface area contributed by atoms with Crippen LogP contribution in [0.25, 0.3) is 0 Å². The van der Waals surface area contributed by atoms with Crippen LogP contribution < -0.4 is 15.8 Å². The number of benzene rings is 2. The van der Waals surface area contributed by atoms with E-state index < -0.39 is 6.03 Å². The number of thiophene rings is 1. The zero-order valence-electron chi connectivity index (χ0n) is 15.5. The van der Waals surface area contributed by atoms with E-state index in [1.54, 1.807) is 11.3 Å². The maximum absolute atomic E-state index is 12.7. The summed E-state index contributed by atoms with van der Waals surface area (Å²) in [6, 6.07) is 22.4. The molecule has 144 valence electrons. The van der Waals surface area contributed by atoms with E-state index in [1.165, 1.54) is 9.78 Å². The average molecular weight is 394 g/mol. The number of carbonyl (C=O) groups excluding carboxylic acids is 2. The lowest BCUT2D eigenvalue weighted by Crippen LogP contribution is -2.47. The van der Waals surface area contributed by atoms with Crippen molar-refractivity contribution in [1.82, 2.24) is 10.9 Å². The molecule has 0 bridgehead atoms. The number of anilines is 2. The van der Waals surface area contributed by atoms with Gasteiger partial charge in [-0.2, -0.15) is 0 Å². The number of hydrogen-bond acceptors (Lipinski definition) is 3. The Morgan fingerprint density at radius 1 is 0.786 bits per heavy atom. The number of para-hydroxylation sites is 2. The summed E-state index contributed by atoms with van der Waals surface area (Å²) in [5.41, 5.74) is 6.48. The molecule has 3 rings (SSSR count). The summed E-state index contributed by atoms with van der Waals surface area (Å²) in [7, 11) is 0. The number of unbranched alkanes of at least 4 members (excludes halogenated alkanes) is 1. The lowest BCUT2D eigenvalue weighted by atomic mass is 10.2. The molecule has 0 unspecified atom stereocenters. The minimum Gasteiger partial charge on any atom is -0.273 e. The fourth-order valence-electron chi connectivity index (χ4n) is 2.82. The number of nitrogens with zero attached hydrogens (tertiary/aromatic N) is 1. The molecular formula is C22H23N3O2S. The fourth-order valence-corrected chi connectivity index (χ4v) is 3.57. The minimum absolute atomic E-state index is 0.194. The highest BCUT2D eigenvalue weighted by atomic mass is 32.1. The molecule has 6 heteroatoms. The maximum atomic E-state index is 12.7. The Bertz CT molecular complexity index is 828. The SMILES string of the molecule is O=C(CCCCc1cccs1)NNC(=O)N(c1ccccc1)c1ccccc1. The smallest absolute Gasteiger partial charge is 0.273 e. The first-order valence-electron chi connectivity index (χ1n) is 9.25. The van der Waals surface area contributed by atoms with Gasteiger partial charge in [-0.15, -0.1) is 11.3 Å². The van der Waals surface area contributed by atoms with Gasteiger partial charge < -0.3 is 0 Å². The van der Waals surface area contributed by atoms with Gasteiger partial charge in [0.15, 0.2) is 0 Å². The minimum atomic E-state index is -0.413. The summed E-state index contributed by atoms with van der Waals surface area (Å²) in [5.74, 6) is -0.194. The summed E-state index contributed by atoms with van der Waals surface area (Å²) in [5, 5.41) is 2.06. The summed E-state index contributed by atoms with van der Waals surface area (Å²) in [6.07, 6.45) is 3.08. The Kier molecular flexibility index (Phi) is 7.21. The van der Waals surface area contributed by atoms with Gasteiger partial charge in [-0.25, -0.2) is 10.2 Å². The second-order valence-corrected chi connectivity index (χ2v) is 7.30. The highest BCUT2D eigenvalue weighted by Crippen LogP contribution is 2.24. The molecule has 2 N–H and O–H groups in total. The molecule has 0 saturated heterocycles. The topological polar surface area (TPSA) is 61.4 Å². The highest BCUT2D eigenvalue weighted by Gasteiger charge is 2.18. The molecule has 3 amide bonds. The molecule has 0 radical (unpaired) electrons. The van der Waals surface area contributed by atoms with Crippen LogP contribution >= 0.6 is 11.3 Å². The van der Waals surface area contributed by atoms with Gasteiger partial charge in [-0.05, 0) is 55.0 Å². The van der Waals surface area contributed by atoms with Crippen molar-refractivity contribution in [3.63, 3.8) is 0 Å². The zero-order valence-corrected chi connectivity index (χ0v) is 16.3. The lowest BCUT2D eigenvalue weighted by Gasteiger charge is -2.23. The van der Waals surface area contributed by atoms with Crippen molar-refractivity contribution in [3.05, 3.63) is 83.1 Å². The number of nitrogens with one attached hydrogen (secondary N) is 2. The maximum Gasteiger partial charge on any atom is 0.345 e. The first-order chi connectivity index (χ1) is 13.7. The monoisotopic (exact) mass is 393 g/mol. The highest BCUT2D eigenvalue weighted by molar-refractivity contribution is 7.09. The Morgan fingerprint density at radius 2 is 1.43 bits per heavy atom. The molecule has 2 aromatic carbocycles. The van der Waals surface area contributed by atoms with Crippen molar-refractivity contribution in [3.8, 4) is 0 Å². The van der Waals surface area contributed by atoms with Crippen molar-refractivity contribution in [1.29, 1.82) is 0 Å². The van der Waals surface area contributed by atoms with Crippen LogP contribution in [0.15, 0.2) is 78.2 Å². The molecule has 5 nitrogen and oxygen atoms in total. The van der Waals surface area contributed by atoms with Crippen molar-refractivity contribution in [2.75, 3.05) is 4.90 Å². The third kappa shape index (κ3) is 5.69. The van der Waals surface area contributed by atoms with Gasteiger partial charge in [0.25, 0.3) is 0 Å². The van der Waals surface area contributed by atoms with Gasteiger partial charge in [-0.3, -0.25) is 15.1 Å². The van der Waals surface area contributed by atoms with Crippen molar-refractivity contribution >= 4 is 34.6 Å². The van der Waals surface area contributed by atoms with Crippen LogP contribution in [-0.4, -0.2) is 11.9 Å². The van der Waals surface area contributed by atoms with E-state index in [9.17, 15) is 9.59 Å². The van der Waals surface area contributed by atoms with Crippen LogP contribution in [0.3, 0.4) is 0 Å². The normalized spacial score (nSPS) is 10.3.